The van der Waals surface area contributed by atoms with Crippen molar-refractivity contribution in [3.63, 3.8) is 0 Å². The number of benzene rings is 1. The second kappa shape index (κ2) is 5.89. The molecule has 0 aliphatic heterocycles. The lowest BCUT2D eigenvalue weighted by Gasteiger charge is -2.18. The predicted molar refractivity (Wildman–Crippen MR) is 76.2 cm³/mol. The molecule has 1 N–H and O–H groups in total. The van der Waals surface area contributed by atoms with Gasteiger partial charge in [-0.15, -0.1) is 0 Å². The van der Waals surface area contributed by atoms with E-state index in [9.17, 15) is 0 Å². The summed E-state index contributed by atoms with van der Waals surface area (Å²) >= 11 is 0. The number of hydrogen-bond donors (Lipinski definition) is 1. The Morgan fingerprint density at radius 1 is 1.42 bits per heavy atom. The molecule has 2 rings (SSSR count). The van der Waals surface area contributed by atoms with Gasteiger partial charge in [0.2, 0.25) is 0 Å². The lowest BCUT2D eigenvalue weighted by Crippen LogP contribution is -2.20. The van der Waals surface area contributed by atoms with E-state index in [1.54, 1.807) is 7.11 Å². The number of rotatable bonds is 5. The highest BCUT2D eigenvalue weighted by Gasteiger charge is 2.11. The fraction of sp³-hybridized carbons (Fsp3) is 0.400. The molecule has 1 aromatic heterocycles. The Morgan fingerprint density at radius 2 is 2.21 bits per heavy atom. The monoisotopic (exact) mass is 259 g/mol. The largest absolute Gasteiger partial charge is 0.496 e. The average molecular weight is 259 g/mol. The highest BCUT2D eigenvalue weighted by Crippen LogP contribution is 2.26. The molecule has 0 aliphatic carbocycles. The van der Waals surface area contributed by atoms with Gasteiger partial charge in [0, 0.05) is 31.4 Å². The van der Waals surface area contributed by atoms with Gasteiger partial charge in [-0.2, -0.15) is 0 Å². The van der Waals surface area contributed by atoms with E-state index < -0.39 is 0 Å². The van der Waals surface area contributed by atoms with Crippen LogP contribution in [-0.4, -0.2) is 16.7 Å². The third kappa shape index (κ3) is 3.15. The molecule has 0 saturated heterocycles. The van der Waals surface area contributed by atoms with Crippen LogP contribution in [0.25, 0.3) is 0 Å². The van der Waals surface area contributed by atoms with Crippen molar-refractivity contribution in [3.8, 4) is 5.75 Å². The standard InChI is InChI=1S/C15H21N3O/c1-11-5-6-15(19-4)14(7-11)12(2)17-9-13-8-16-10-18(13)3/h5-8,10,12,17H,9H2,1-4H3. The number of nitrogens with zero attached hydrogens (tertiary/aromatic N) is 2. The van der Waals surface area contributed by atoms with Crippen LogP contribution in [0.1, 0.15) is 29.8 Å². The van der Waals surface area contributed by atoms with Gasteiger partial charge >= 0.3 is 0 Å². The lowest BCUT2D eigenvalue weighted by molar-refractivity contribution is 0.401. The molecule has 4 nitrogen and oxygen atoms in total. The van der Waals surface area contributed by atoms with Gasteiger partial charge in [-0.25, -0.2) is 4.98 Å². The number of aryl methyl sites for hydroxylation is 2. The maximum atomic E-state index is 5.42. The van der Waals surface area contributed by atoms with Crippen LogP contribution in [0.4, 0.5) is 0 Å². The van der Waals surface area contributed by atoms with Crippen LogP contribution in [0.3, 0.4) is 0 Å². The zero-order valence-corrected chi connectivity index (χ0v) is 12.0. The zero-order valence-electron chi connectivity index (χ0n) is 12.0. The quantitative estimate of drug-likeness (QED) is 0.897. The fourth-order valence-electron chi connectivity index (χ4n) is 2.11. The SMILES string of the molecule is COc1ccc(C)cc1C(C)NCc1cncn1C. The third-order valence-electron chi connectivity index (χ3n) is 3.36. The summed E-state index contributed by atoms with van der Waals surface area (Å²) < 4.78 is 7.45. The summed E-state index contributed by atoms with van der Waals surface area (Å²) in [6.45, 7) is 5.03. The first-order chi connectivity index (χ1) is 9.11. The molecule has 0 aliphatic rings. The summed E-state index contributed by atoms with van der Waals surface area (Å²) in [5, 5.41) is 3.50. The van der Waals surface area contributed by atoms with Crippen LogP contribution in [0.2, 0.25) is 0 Å². The molecule has 0 saturated carbocycles. The second-order valence-corrected chi connectivity index (χ2v) is 4.84. The van der Waals surface area contributed by atoms with Crippen LogP contribution >= 0.6 is 0 Å². The van der Waals surface area contributed by atoms with Gasteiger partial charge in [-0.1, -0.05) is 17.7 Å². The molecule has 0 radical (unpaired) electrons. The molecule has 1 atom stereocenters. The molecular weight excluding hydrogens is 238 g/mol. The number of ether oxygens (including phenoxy) is 1. The van der Waals surface area contributed by atoms with E-state index in [1.807, 2.05) is 30.2 Å². The van der Waals surface area contributed by atoms with E-state index in [-0.39, 0.29) is 6.04 Å². The van der Waals surface area contributed by atoms with Gasteiger partial charge in [-0.3, -0.25) is 0 Å². The lowest BCUT2D eigenvalue weighted by atomic mass is 10.0. The summed E-state index contributed by atoms with van der Waals surface area (Å²) in [7, 11) is 3.71. The number of nitrogens with one attached hydrogen (secondary N) is 1. The van der Waals surface area contributed by atoms with E-state index in [4.69, 9.17) is 4.74 Å². The summed E-state index contributed by atoms with van der Waals surface area (Å²) in [4.78, 5) is 4.12. The Kier molecular flexibility index (Phi) is 4.22. The number of hydrogen-bond acceptors (Lipinski definition) is 3. The van der Waals surface area contributed by atoms with Crippen molar-refractivity contribution in [2.45, 2.75) is 26.4 Å². The van der Waals surface area contributed by atoms with E-state index in [2.05, 4.69) is 36.3 Å². The molecule has 2 aromatic rings. The van der Waals surface area contributed by atoms with Crippen LogP contribution in [0, 0.1) is 6.92 Å². The molecule has 0 bridgehead atoms. The van der Waals surface area contributed by atoms with Crippen molar-refractivity contribution in [1.82, 2.24) is 14.9 Å². The number of methoxy groups -OCH3 is 1. The van der Waals surface area contributed by atoms with Crippen LogP contribution in [0.15, 0.2) is 30.7 Å². The van der Waals surface area contributed by atoms with Gasteiger partial charge in [0.25, 0.3) is 0 Å². The Bertz CT molecular complexity index is 548. The first-order valence-corrected chi connectivity index (χ1v) is 6.45. The van der Waals surface area contributed by atoms with Gasteiger partial charge in [0.1, 0.15) is 5.75 Å². The van der Waals surface area contributed by atoms with Crippen molar-refractivity contribution < 1.29 is 4.74 Å². The maximum Gasteiger partial charge on any atom is 0.123 e. The van der Waals surface area contributed by atoms with Crippen molar-refractivity contribution >= 4 is 0 Å². The molecule has 102 valence electrons. The molecule has 1 heterocycles. The minimum atomic E-state index is 0.227. The van der Waals surface area contributed by atoms with Crippen molar-refractivity contribution in [2.75, 3.05) is 7.11 Å². The summed E-state index contributed by atoms with van der Waals surface area (Å²) in [6.07, 6.45) is 3.70. The molecule has 0 amide bonds. The van der Waals surface area contributed by atoms with Crippen LogP contribution in [0.5, 0.6) is 5.75 Å². The maximum absolute atomic E-state index is 5.42. The Hall–Kier alpha value is -1.81. The summed E-state index contributed by atoms with van der Waals surface area (Å²) in [6, 6.07) is 6.48. The number of imidazole rings is 1. The summed E-state index contributed by atoms with van der Waals surface area (Å²) in [5.74, 6) is 0.926. The fourth-order valence-corrected chi connectivity index (χ4v) is 2.11. The van der Waals surface area contributed by atoms with Gasteiger partial charge in [0.15, 0.2) is 0 Å². The molecule has 4 heteroatoms. The molecule has 1 unspecified atom stereocenters. The van der Waals surface area contributed by atoms with E-state index in [1.165, 1.54) is 16.8 Å². The van der Waals surface area contributed by atoms with Gasteiger partial charge < -0.3 is 14.6 Å². The summed E-state index contributed by atoms with van der Waals surface area (Å²) in [5.41, 5.74) is 3.59. The highest BCUT2D eigenvalue weighted by molar-refractivity contribution is 5.38. The Labute approximate surface area is 114 Å². The van der Waals surface area contributed by atoms with E-state index in [0.717, 1.165) is 12.3 Å². The van der Waals surface area contributed by atoms with E-state index in [0.29, 0.717) is 0 Å². The molecule has 19 heavy (non-hydrogen) atoms. The second-order valence-electron chi connectivity index (χ2n) is 4.84. The number of aromatic nitrogens is 2. The van der Waals surface area contributed by atoms with Crippen LogP contribution < -0.4 is 10.1 Å². The normalized spacial score (nSPS) is 12.4. The third-order valence-corrected chi connectivity index (χ3v) is 3.36. The van der Waals surface area contributed by atoms with Gasteiger partial charge in [-0.05, 0) is 19.9 Å². The van der Waals surface area contributed by atoms with Crippen molar-refractivity contribution in [1.29, 1.82) is 0 Å². The van der Waals surface area contributed by atoms with Gasteiger partial charge in [0.05, 0.1) is 19.1 Å². The molecule has 0 spiro atoms. The minimum Gasteiger partial charge on any atom is -0.496 e. The first-order valence-electron chi connectivity index (χ1n) is 6.45. The predicted octanol–water partition coefficient (Wildman–Crippen LogP) is 2.59. The minimum absolute atomic E-state index is 0.227. The molecular formula is C15H21N3O. The average Bonchev–Trinajstić information content (AvgIpc) is 2.81. The van der Waals surface area contributed by atoms with Crippen molar-refractivity contribution in [3.05, 3.63) is 47.5 Å². The van der Waals surface area contributed by atoms with Crippen LogP contribution in [-0.2, 0) is 13.6 Å². The first kappa shape index (κ1) is 13.6. The topological polar surface area (TPSA) is 39.1 Å². The Balaban J connectivity index is 2.09. The highest BCUT2D eigenvalue weighted by atomic mass is 16.5. The van der Waals surface area contributed by atoms with E-state index >= 15 is 0 Å². The zero-order chi connectivity index (χ0) is 13.8. The molecule has 1 aromatic carbocycles. The Morgan fingerprint density at radius 3 is 2.84 bits per heavy atom. The van der Waals surface area contributed by atoms with Crippen molar-refractivity contribution in [2.24, 2.45) is 7.05 Å². The molecule has 0 fully saturated rings. The smallest absolute Gasteiger partial charge is 0.123 e.